The molecule has 0 aliphatic rings. The van der Waals surface area contributed by atoms with Crippen molar-refractivity contribution >= 4 is 22.8 Å². The molecule has 1 aromatic heterocycles. The van der Waals surface area contributed by atoms with Crippen molar-refractivity contribution in [3.05, 3.63) is 40.4 Å². The molecule has 8 heteroatoms. The Bertz CT molecular complexity index is 803. The summed E-state index contributed by atoms with van der Waals surface area (Å²) >= 11 is 0. The zero-order valence-corrected chi connectivity index (χ0v) is 13.8. The minimum absolute atomic E-state index is 0.0436. The lowest BCUT2D eigenvalue weighted by molar-refractivity contribution is -0.142. The zero-order valence-electron chi connectivity index (χ0n) is 13.8. The third kappa shape index (κ3) is 5.39. The second kappa shape index (κ2) is 8.93. The molecule has 2 rings (SSSR count). The Morgan fingerprint density at radius 2 is 2.04 bits per heavy atom. The van der Waals surface area contributed by atoms with E-state index in [1.54, 1.807) is 24.3 Å². The Kier molecular flexibility index (Phi) is 6.64. The molecule has 0 bridgehead atoms. The van der Waals surface area contributed by atoms with E-state index in [0.29, 0.717) is 42.5 Å². The van der Waals surface area contributed by atoms with Gasteiger partial charge >= 0.3 is 5.97 Å². The zero-order chi connectivity index (χ0) is 18.2. The highest BCUT2D eigenvalue weighted by Crippen LogP contribution is 2.07. The number of para-hydroxylation sites is 1. The number of rotatable bonds is 9. The minimum atomic E-state index is -1.07. The number of carbonyl (C=O) groups excluding carboxylic acids is 1. The summed E-state index contributed by atoms with van der Waals surface area (Å²) in [6.45, 7) is 0.487. The number of amides is 1. The van der Waals surface area contributed by atoms with Crippen LogP contribution in [-0.2, 0) is 16.0 Å². The first-order valence-electron chi connectivity index (χ1n) is 8.21. The highest BCUT2D eigenvalue weighted by atomic mass is 16.4. The van der Waals surface area contributed by atoms with E-state index in [0.717, 1.165) is 0 Å². The van der Waals surface area contributed by atoms with Gasteiger partial charge in [-0.2, -0.15) is 0 Å². The van der Waals surface area contributed by atoms with E-state index in [4.69, 9.17) is 10.8 Å². The fourth-order valence-electron chi connectivity index (χ4n) is 2.50. The molecule has 8 nitrogen and oxygen atoms in total. The monoisotopic (exact) mass is 346 g/mol. The van der Waals surface area contributed by atoms with Crippen molar-refractivity contribution in [3.8, 4) is 0 Å². The van der Waals surface area contributed by atoms with Gasteiger partial charge in [-0.25, -0.2) is 9.78 Å². The average Bonchev–Trinajstić information content (AvgIpc) is 2.59. The van der Waals surface area contributed by atoms with Gasteiger partial charge in [0.15, 0.2) is 0 Å². The summed E-state index contributed by atoms with van der Waals surface area (Å²) in [6.07, 6.45) is 1.95. The van der Waals surface area contributed by atoms with Gasteiger partial charge in [-0.1, -0.05) is 12.1 Å². The van der Waals surface area contributed by atoms with Crippen LogP contribution >= 0.6 is 0 Å². The average molecular weight is 346 g/mol. The SMILES string of the molecule is NCCCC[C@H](NC(=O)CCc1nc2ccccc2c(=O)[nH]1)C(=O)O. The second-order valence-corrected chi connectivity index (χ2v) is 5.77. The van der Waals surface area contributed by atoms with Gasteiger partial charge in [-0.15, -0.1) is 0 Å². The molecule has 1 aromatic carbocycles. The van der Waals surface area contributed by atoms with Crippen molar-refractivity contribution in [2.24, 2.45) is 5.73 Å². The third-order valence-corrected chi connectivity index (χ3v) is 3.83. The molecule has 0 saturated heterocycles. The van der Waals surface area contributed by atoms with E-state index in [9.17, 15) is 14.4 Å². The van der Waals surface area contributed by atoms with E-state index in [1.807, 2.05) is 0 Å². The van der Waals surface area contributed by atoms with Crippen LogP contribution in [0.1, 0.15) is 31.5 Å². The highest BCUT2D eigenvalue weighted by Gasteiger charge is 2.19. The number of fused-ring (bicyclic) bond motifs is 1. The van der Waals surface area contributed by atoms with Crippen molar-refractivity contribution in [1.29, 1.82) is 0 Å². The predicted molar refractivity (Wildman–Crippen MR) is 93.2 cm³/mol. The summed E-state index contributed by atoms with van der Waals surface area (Å²) in [5.41, 5.74) is 5.69. The Morgan fingerprint density at radius 1 is 1.28 bits per heavy atom. The van der Waals surface area contributed by atoms with Crippen LogP contribution in [0.15, 0.2) is 29.1 Å². The van der Waals surface area contributed by atoms with E-state index >= 15 is 0 Å². The Labute approximate surface area is 144 Å². The molecule has 0 aliphatic carbocycles. The molecule has 1 amide bonds. The molecule has 134 valence electrons. The molecule has 0 aliphatic heterocycles. The van der Waals surface area contributed by atoms with E-state index < -0.39 is 17.9 Å². The number of H-pyrrole nitrogens is 1. The van der Waals surface area contributed by atoms with Gasteiger partial charge in [0.1, 0.15) is 11.9 Å². The molecule has 5 N–H and O–H groups in total. The number of carboxylic acid groups (broad SMARTS) is 1. The van der Waals surface area contributed by atoms with Crippen molar-refractivity contribution < 1.29 is 14.7 Å². The predicted octanol–water partition coefficient (Wildman–Crippen LogP) is 0.554. The fraction of sp³-hybridized carbons (Fsp3) is 0.412. The minimum Gasteiger partial charge on any atom is -0.480 e. The number of aromatic nitrogens is 2. The molecule has 25 heavy (non-hydrogen) atoms. The quantitative estimate of drug-likeness (QED) is 0.489. The third-order valence-electron chi connectivity index (χ3n) is 3.83. The first-order valence-corrected chi connectivity index (χ1v) is 8.21. The van der Waals surface area contributed by atoms with Gasteiger partial charge in [0.2, 0.25) is 5.91 Å². The summed E-state index contributed by atoms with van der Waals surface area (Å²) in [5, 5.41) is 12.1. The number of nitrogens with one attached hydrogen (secondary N) is 2. The van der Waals surface area contributed by atoms with E-state index in [2.05, 4.69) is 15.3 Å². The number of hydrogen-bond donors (Lipinski definition) is 4. The van der Waals surface area contributed by atoms with Gasteiger partial charge in [-0.05, 0) is 37.9 Å². The Morgan fingerprint density at radius 3 is 2.76 bits per heavy atom. The van der Waals surface area contributed by atoms with Gasteiger partial charge in [0.05, 0.1) is 10.9 Å². The first kappa shape index (κ1) is 18.6. The van der Waals surface area contributed by atoms with Crippen LogP contribution in [0.4, 0.5) is 0 Å². The van der Waals surface area contributed by atoms with Crippen LogP contribution in [0, 0.1) is 0 Å². The molecule has 2 aromatic rings. The molecule has 0 spiro atoms. The lowest BCUT2D eigenvalue weighted by Gasteiger charge is -2.14. The number of aromatic amines is 1. The maximum absolute atomic E-state index is 12.0. The molecular formula is C17H22N4O4. The number of hydrogen-bond acceptors (Lipinski definition) is 5. The number of nitrogens with zero attached hydrogens (tertiary/aromatic N) is 1. The summed E-state index contributed by atoms with van der Waals surface area (Å²) in [6, 6.07) is 6.01. The normalized spacial score (nSPS) is 12.0. The van der Waals surface area contributed by atoms with Crippen LogP contribution in [-0.4, -0.2) is 39.5 Å². The van der Waals surface area contributed by atoms with Gasteiger partial charge < -0.3 is 21.1 Å². The topological polar surface area (TPSA) is 138 Å². The van der Waals surface area contributed by atoms with Crippen LogP contribution in [0.3, 0.4) is 0 Å². The highest BCUT2D eigenvalue weighted by molar-refractivity contribution is 5.83. The molecule has 1 heterocycles. The fourth-order valence-corrected chi connectivity index (χ4v) is 2.50. The van der Waals surface area contributed by atoms with Gasteiger partial charge in [0, 0.05) is 12.8 Å². The molecule has 0 fully saturated rings. The summed E-state index contributed by atoms with van der Waals surface area (Å²) < 4.78 is 0. The number of carboxylic acids is 1. The van der Waals surface area contributed by atoms with E-state index in [-0.39, 0.29) is 18.4 Å². The van der Waals surface area contributed by atoms with Gasteiger partial charge in [0.25, 0.3) is 5.56 Å². The molecule has 0 unspecified atom stereocenters. The molecule has 0 radical (unpaired) electrons. The van der Waals surface area contributed by atoms with Gasteiger partial charge in [-0.3, -0.25) is 9.59 Å². The molecule has 0 saturated carbocycles. The lowest BCUT2D eigenvalue weighted by atomic mass is 10.1. The maximum atomic E-state index is 12.0. The molecular weight excluding hydrogens is 324 g/mol. The molecule has 1 atom stereocenters. The number of carbonyl (C=O) groups is 2. The van der Waals surface area contributed by atoms with Crippen molar-refractivity contribution in [3.63, 3.8) is 0 Å². The smallest absolute Gasteiger partial charge is 0.326 e. The van der Waals surface area contributed by atoms with Crippen molar-refractivity contribution in [1.82, 2.24) is 15.3 Å². The number of aliphatic carboxylic acids is 1. The van der Waals surface area contributed by atoms with E-state index in [1.165, 1.54) is 0 Å². The van der Waals surface area contributed by atoms with Crippen LogP contribution in [0.2, 0.25) is 0 Å². The second-order valence-electron chi connectivity index (χ2n) is 5.77. The number of unbranched alkanes of at least 4 members (excludes halogenated alkanes) is 1. The first-order chi connectivity index (χ1) is 12.0. The number of benzene rings is 1. The van der Waals surface area contributed by atoms with Crippen LogP contribution in [0.5, 0.6) is 0 Å². The largest absolute Gasteiger partial charge is 0.480 e. The van der Waals surface area contributed by atoms with Crippen LogP contribution < -0.4 is 16.6 Å². The standard InChI is InChI=1S/C17H22N4O4/c18-10-4-3-7-13(17(24)25)20-15(22)9-8-14-19-12-6-2-1-5-11(12)16(23)21-14/h1-2,5-6,13H,3-4,7-10,18H2,(H,20,22)(H,24,25)(H,19,21,23)/t13-/m0/s1. The Hall–Kier alpha value is -2.74. The maximum Gasteiger partial charge on any atom is 0.326 e. The summed E-state index contributed by atoms with van der Waals surface area (Å²) in [7, 11) is 0. The lowest BCUT2D eigenvalue weighted by Crippen LogP contribution is -2.41. The summed E-state index contributed by atoms with van der Waals surface area (Å²) in [4.78, 5) is 42.1. The van der Waals surface area contributed by atoms with Crippen molar-refractivity contribution in [2.45, 2.75) is 38.1 Å². The number of aryl methyl sites for hydroxylation is 1. The summed E-state index contributed by atoms with van der Waals surface area (Å²) in [5.74, 6) is -1.06. The Balaban J connectivity index is 1.94. The van der Waals surface area contributed by atoms with Crippen LogP contribution in [0.25, 0.3) is 10.9 Å². The number of nitrogens with two attached hydrogens (primary N) is 1. The van der Waals surface area contributed by atoms with Crippen molar-refractivity contribution in [2.75, 3.05) is 6.54 Å².